The summed E-state index contributed by atoms with van der Waals surface area (Å²) in [6.45, 7) is 0.329. The average molecular weight is 587 g/mol. The fourth-order valence-corrected chi connectivity index (χ4v) is 7.00. The SMILES string of the molecule is O=C(NC(C(=O)O)c1ccc2c(c1)CN(S(=O)(=O)c1ccc(Cl)cc1)CC2)c1cccc2c1-c1ccccc1C2=O. The van der Waals surface area contributed by atoms with Crippen molar-refractivity contribution >= 4 is 39.3 Å². The number of hydrogen-bond donors (Lipinski definition) is 2. The average Bonchev–Trinajstić information content (AvgIpc) is 3.27. The number of sulfonamides is 1. The van der Waals surface area contributed by atoms with Gasteiger partial charge in [-0.15, -0.1) is 0 Å². The number of fused-ring (bicyclic) bond motifs is 4. The third kappa shape index (κ3) is 4.72. The van der Waals surface area contributed by atoms with Gasteiger partial charge in [-0.3, -0.25) is 9.59 Å². The monoisotopic (exact) mass is 586 g/mol. The lowest BCUT2D eigenvalue weighted by Crippen LogP contribution is -2.37. The Labute approximate surface area is 241 Å². The zero-order chi connectivity index (χ0) is 28.9. The first kappa shape index (κ1) is 26.9. The largest absolute Gasteiger partial charge is 0.479 e. The number of ketones is 1. The maximum Gasteiger partial charge on any atom is 0.330 e. The quantitative estimate of drug-likeness (QED) is 0.293. The number of amides is 1. The van der Waals surface area contributed by atoms with E-state index >= 15 is 0 Å². The molecular formula is C31H23ClN2O6S. The van der Waals surface area contributed by atoms with Crippen molar-refractivity contribution in [3.05, 3.63) is 123 Å². The minimum Gasteiger partial charge on any atom is -0.479 e. The predicted molar refractivity (Wildman–Crippen MR) is 152 cm³/mol. The molecule has 2 aliphatic rings. The summed E-state index contributed by atoms with van der Waals surface area (Å²) in [5.41, 5.74) is 4.05. The first-order chi connectivity index (χ1) is 19.6. The second-order valence-corrected chi connectivity index (χ2v) is 12.3. The number of aliphatic carboxylic acids is 1. The van der Waals surface area contributed by atoms with Crippen LogP contribution < -0.4 is 5.32 Å². The van der Waals surface area contributed by atoms with Crippen LogP contribution in [0.15, 0.2) is 89.8 Å². The van der Waals surface area contributed by atoms with Crippen LogP contribution in [0.3, 0.4) is 0 Å². The Morgan fingerprint density at radius 1 is 0.878 bits per heavy atom. The van der Waals surface area contributed by atoms with Crippen molar-refractivity contribution in [1.82, 2.24) is 9.62 Å². The van der Waals surface area contributed by atoms with Gasteiger partial charge in [-0.05, 0) is 59.0 Å². The molecule has 6 rings (SSSR count). The zero-order valence-corrected chi connectivity index (χ0v) is 23.1. The predicted octanol–water partition coefficient (Wildman–Crippen LogP) is 4.85. The Morgan fingerprint density at radius 3 is 2.32 bits per heavy atom. The topological polar surface area (TPSA) is 121 Å². The summed E-state index contributed by atoms with van der Waals surface area (Å²) in [7, 11) is -3.80. The van der Waals surface area contributed by atoms with E-state index in [0.717, 1.165) is 5.56 Å². The number of nitrogens with zero attached hydrogens (tertiary/aromatic N) is 1. The minimum absolute atomic E-state index is 0.0551. The van der Waals surface area contributed by atoms with Crippen molar-refractivity contribution in [3.8, 4) is 11.1 Å². The van der Waals surface area contributed by atoms with Crippen LogP contribution in [0.2, 0.25) is 5.02 Å². The number of halogens is 1. The van der Waals surface area contributed by atoms with Crippen molar-refractivity contribution < 1.29 is 27.9 Å². The summed E-state index contributed by atoms with van der Waals surface area (Å²) < 4.78 is 27.8. The lowest BCUT2D eigenvalue weighted by Gasteiger charge is -2.29. The summed E-state index contributed by atoms with van der Waals surface area (Å²) >= 11 is 5.92. The first-order valence-electron chi connectivity index (χ1n) is 12.8. The van der Waals surface area contributed by atoms with Gasteiger partial charge in [-0.1, -0.05) is 66.2 Å². The van der Waals surface area contributed by atoms with E-state index in [1.165, 1.54) is 28.6 Å². The van der Waals surface area contributed by atoms with Crippen LogP contribution in [0.25, 0.3) is 11.1 Å². The molecule has 0 saturated carbocycles. The molecule has 0 bridgehead atoms. The minimum atomic E-state index is -3.80. The van der Waals surface area contributed by atoms with Crippen molar-refractivity contribution in [1.29, 1.82) is 0 Å². The van der Waals surface area contributed by atoms with Crippen LogP contribution in [0.5, 0.6) is 0 Å². The van der Waals surface area contributed by atoms with E-state index in [4.69, 9.17) is 11.6 Å². The Hall–Kier alpha value is -4.31. The number of benzene rings is 4. The maximum atomic E-state index is 13.5. The molecule has 8 nitrogen and oxygen atoms in total. The van der Waals surface area contributed by atoms with E-state index in [0.29, 0.717) is 44.8 Å². The Balaban J connectivity index is 1.29. The highest BCUT2D eigenvalue weighted by Crippen LogP contribution is 2.39. The smallest absolute Gasteiger partial charge is 0.330 e. The van der Waals surface area contributed by atoms with Gasteiger partial charge in [0, 0.05) is 40.4 Å². The van der Waals surface area contributed by atoms with Gasteiger partial charge in [0.05, 0.1) is 4.90 Å². The summed E-state index contributed by atoms with van der Waals surface area (Å²) in [6, 6.07) is 21.4. The highest BCUT2D eigenvalue weighted by atomic mass is 35.5. The third-order valence-electron chi connectivity index (χ3n) is 7.51. The summed E-state index contributed by atoms with van der Waals surface area (Å²) in [4.78, 5) is 38.8. The van der Waals surface area contributed by atoms with Gasteiger partial charge < -0.3 is 10.4 Å². The van der Waals surface area contributed by atoms with E-state index in [-0.39, 0.29) is 29.3 Å². The van der Waals surface area contributed by atoms with Gasteiger partial charge >= 0.3 is 5.97 Å². The Kier molecular flexibility index (Phi) is 6.73. The molecule has 1 heterocycles. The summed E-state index contributed by atoms with van der Waals surface area (Å²) in [5.74, 6) is -2.10. The molecule has 2 N–H and O–H groups in total. The number of carboxylic acid groups (broad SMARTS) is 1. The standard InChI is InChI=1S/C31H23ClN2O6S/c32-21-10-12-22(13-11-21)41(39,40)34-15-14-18-8-9-19(16-20(18)17-34)28(31(37)38)33-30(36)26-7-3-6-25-27(26)23-4-1-2-5-24(23)29(25)35/h1-13,16,28H,14-15,17H2,(H,33,36)(H,37,38). The molecule has 1 unspecified atom stereocenters. The number of carbonyl (C=O) groups is 3. The van der Waals surface area contributed by atoms with Crippen LogP contribution in [0.4, 0.5) is 0 Å². The first-order valence-corrected chi connectivity index (χ1v) is 14.6. The van der Waals surface area contributed by atoms with Crippen molar-refractivity contribution in [2.75, 3.05) is 6.54 Å². The Bertz CT molecular complexity index is 1850. The van der Waals surface area contributed by atoms with Crippen LogP contribution in [0, 0.1) is 0 Å². The molecular weight excluding hydrogens is 564 g/mol. The van der Waals surface area contributed by atoms with E-state index < -0.39 is 27.9 Å². The normalized spacial score (nSPS) is 15.0. The van der Waals surface area contributed by atoms with Gasteiger partial charge in [0.2, 0.25) is 10.0 Å². The third-order valence-corrected chi connectivity index (χ3v) is 9.62. The van der Waals surface area contributed by atoms with Crippen LogP contribution in [0.1, 0.15) is 49.0 Å². The van der Waals surface area contributed by atoms with Crippen molar-refractivity contribution in [3.63, 3.8) is 0 Å². The summed E-state index contributed by atoms with van der Waals surface area (Å²) in [5, 5.41) is 13.1. The molecule has 0 fully saturated rings. The highest BCUT2D eigenvalue weighted by molar-refractivity contribution is 7.89. The lowest BCUT2D eigenvalue weighted by atomic mass is 9.95. The van der Waals surface area contributed by atoms with Crippen LogP contribution in [-0.2, 0) is 27.8 Å². The molecule has 1 aliphatic heterocycles. The summed E-state index contributed by atoms with van der Waals surface area (Å²) in [6.07, 6.45) is 0.454. The molecule has 0 spiro atoms. The van der Waals surface area contributed by atoms with E-state index in [2.05, 4.69) is 5.32 Å². The second kappa shape index (κ2) is 10.3. The van der Waals surface area contributed by atoms with Gasteiger partial charge in [-0.25, -0.2) is 13.2 Å². The molecule has 4 aromatic carbocycles. The molecule has 4 aromatic rings. The number of carbonyl (C=O) groups excluding carboxylic acids is 2. The van der Waals surface area contributed by atoms with Gasteiger partial charge in [0.25, 0.3) is 5.91 Å². The van der Waals surface area contributed by atoms with Gasteiger partial charge in [0.1, 0.15) is 0 Å². The molecule has 1 atom stereocenters. The number of carboxylic acids is 1. The van der Waals surface area contributed by atoms with Crippen LogP contribution >= 0.6 is 11.6 Å². The number of rotatable bonds is 6. The fraction of sp³-hybridized carbons (Fsp3) is 0.129. The molecule has 0 saturated heterocycles. The van der Waals surface area contributed by atoms with Gasteiger partial charge in [0.15, 0.2) is 11.8 Å². The highest BCUT2D eigenvalue weighted by Gasteiger charge is 2.33. The molecule has 206 valence electrons. The molecule has 0 aromatic heterocycles. The molecule has 10 heteroatoms. The number of hydrogen-bond acceptors (Lipinski definition) is 5. The van der Waals surface area contributed by atoms with Crippen LogP contribution in [-0.4, -0.2) is 42.0 Å². The van der Waals surface area contributed by atoms with Crippen molar-refractivity contribution in [2.45, 2.75) is 23.9 Å². The fourth-order valence-electron chi connectivity index (χ4n) is 5.45. The van der Waals surface area contributed by atoms with Crippen molar-refractivity contribution in [2.24, 2.45) is 0 Å². The van der Waals surface area contributed by atoms with Gasteiger partial charge in [-0.2, -0.15) is 4.31 Å². The molecule has 0 radical (unpaired) electrons. The number of nitrogens with one attached hydrogen (secondary N) is 1. The lowest BCUT2D eigenvalue weighted by molar-refractivity contribution is -0.139. The molecule has 41 heavy (non-hydrogen) atoms. The maximum absolute atomic E-state index is 13.5. The van der Waals surface area contributed by atoms with E-state index in [1.807, 2.05) is 0 Å². The molecule has 1 amide bonds. The zero-order valence-electron chi connectivity index (χ0n) is 21.5. The second-order valence-electron chi connectivity index (χ2n) is 9.92. The molecule has 1 aliphatic carbocycles. The Morgan fingerprint density at radius 2 is 1.59 bits per heavy atom. The van der Waals surface area contributed by atoms with E-state index in [1.54, 1.807) is 60.7 Å². The van der Waals surface area contributed by atoms with E-state index in [9.17, 15) is 27.9 Å².